The van der Waals surface area contributed by atoms with Gasteiger partial charge in [0.05, 0.1) is 33.5 Å². The van der Waals surface area contributed by atoms with Crippen LogP contribution in [0.1, 0.15) is 19.3 Å². The number of hydrogen-bond acceptors (Lipinski definition) is 5. The van der Waals surface area contributed by atoms with Crippen molar-refractivity contribution in [3.63, 3.8) is 0 Å². The van der Waals surface area contributed by atoms with Crippen LogP contribution < -0.4 is 21.7 Å². The minimum absolute atomic E-state index is 0.741. The van der Waals surface area contributed by atoms with E-state index in [1.165, 1.54) is 0 Å². The number of benzene rings is 4. The Labute approximate surface area is 218 Å². The molecule has 3 aromatic carbocycles. The van der Waals surface area contributed by atoms with Crippen LogP contribution in [0.5, 0.6) is 0 Å². The molecule has 0 bridgehead atoms. The lowest BCUT2D eigenvalue weighted by atomic mass is 10.1. The Morgan fingerprint density at radius 1 is 0.784 bits per heavy atom. The van der Waals surface area contributed by atoms with Gasteiger partial charge in [0, 0.05) is 17.9 Å². The van der Waals surface area contributed by atoms with Gasteiger partial charge in [-0.25, -0.2) is 4.98 Å². The molecule has 0 unspecified atom stereocenters. The molecule has 0 aromatic heterocycles. The van der Waals surface area contributed by atoms with E-state index in [2.05, 4.69) is 81.9 Å². The first-order valence-electron chi connectivity index (χ1n) is 13.1. The van der Waals surface area contributed by atoms with Crippen molar-refractivity contribution < 1.29 is 0 Å². The first kappa shape index (κ1) is 24.7. The van der Waals surface area contributed by atoms with Crippen LogP contribution in [-0.4, -0.2) is 35.7 Å². The number of nitrogens with one attached hydrogen (secondary N) is 2. The number of unbranched alkanes of at least 4 members (excludes halogenated alkanes) is 1. The van der Waals surface area contributed by atoms with Crippen molar-refractivity contribution in [3.05, 3.63) is 102 Å². The van der Waals surface area contributed by atoms with Crippen LogP contribution in [0.25, 0.3) is 28.1 Å². The number of aromatic nitrogens is 2. The number of fused-ring (bicyclic) bond motifs is 2. The summed E-state index contributed by atoms with van der Waals surface area (Å²) in [5, 5.41) is 8.00. The van der Waals surface area contributed by atoms with E-state index >= 15 is 0 Å². The summed E-state index contributed by atoms with van der Waals surface area (Å²) in [6, 6.07) is 33.3. The zero-order chi connectivity index (χ0) is 25.3. The van der Waals surface area contributed by atoms with Gasteiger partial charge >= 0.3 is 0 Å². The van der Waals surface area contributed by atoms with E-state index in [-0.39, 0.29) is 0 Å². The predicted molar refractivity (Wildman–Crippen MR) is 154 cm³/mol. The van der Waals surface area contributed by atoms with E-state index in [0.29, 0.717) is 0 Å². The summed E-state index contributed by atoms with van der Waals surface area (Å²) < 4.78 is 2.28. The van der Waals surface area contributed by atoms with Gasteiger partial charge in [-0.15, -0.1) is 0 Å². The summed E-state index contributed by atoms with van der Waals surface area (Å²) >= 11 is 0. The Morgan fingerprint density at radius 2 is 1.51 bits per heavy atom. The average Bonchev–Trinajstić information content (AvgIpc) is 2.94. The van der Waals surface area contributed by atoms with Crippen molar-refractivity contribution in [2.45, 2.75) is 19.3 Å². The van der Waals surface area contributed by atoms with Crippen LogP contribution in [0.4, 0.5) is 11.4 Å². The molecule has 1 aliphatic heterocycles. The van der Waals surface area contributed by atoms with E-state index in [0.717, 1.165) is 90.3 Å². The summed E-state index contributed by atoms with van der Waals surface area (Å²) in [5.41, 5.74) is 12.6. The number of nitrogens with zero attached hydrogens (tertiary/aromatic N) is 3. The SMILES string of the molecule is NCCCCNCCCN=c1cc2n(-c3ccccc3)c3ccccc3nc-2cc1Nc1ccccc1. The maximum atomic E-state index is 5.59. The highest BCUT2D eigenvalue weighted by atomic mass is 15.0. The van der Waals surface area contributed by atoms with Crippen LogP contribution in [0.3, 0.4) is 0 Å². The van der Waals surface area contributed by atoms with Crippen molar-refractivity contribution in [1.82, 2.24) is 14.9 Å². The summed E-state index contributed by atoms with van der Waals surface area (Å²) in [5.74, 6) is 0. The molecular weight excluding hydrogens is 456 g/mol. The molecule has 6 nitrogen and oxygen atoms in total. The third-order valence-corrected chi connectivity index (χ3v) is 6.37. The van der Waals surface area contributed by atoms with Gasteiger partial charge in [-0.3, -0.25) is 4.99 Å². The molecule has 5 rings (SSSR count). The van der Waals surface area contributed by atoms with E-state index in [9.17, 15) is 0 Å². The molecule has 0 saturated carbocycles. The lowest BCUT2D eigenvalue weighted by Crippen LogP contribution is -2.19. The Morgan fingerprint density at radius 3 is 2.32 bits per heavy atom. The van der Waals surface area contributed by atoms with Gasteiger partial charge < -0.3 is 20.9 Å². The van der Waals surface area contributed by atoms with Crippen LogP contribution in [-0.2, 0) is 0 Å². The quantitative estimate of drug-likeness (QED) is 0.169. The average molecular weight is 491 g/mol. The number of para-hydroxylation sites is 4. The van der Waals surface area contributed by atoms with Gasteiger partial charge in [0.25, 0.3) is 0 Å². The van der Waals surface area contributed by atoms with Crippen molar-refractivity contribution in [3.8, 4) is 17.1 Å². The van der Waals surface area contributed by atoms with Crippen LogP contribution in [0.2, 0.25) is 0 Å². The summed E-state index contributed by atoms with van der Waals surface area (Å²) in [4.78, 5) is 10.1. The maximum Gasteiger partial charge on any atom is 0.0900 e. The molecule has 6 heteroatoms. The van der Waals surface area contributed by atoms with Crippen molar-refractivity contribution in [1.29, 1.82) is 0 Å². The van der Waals surface area contributed by atoms with Crippen molar-refractivity contribution >= 4 is 22.4 Å². The molecule has 0 spiro atoms. The second-order valence-corrected chi connectivity index (χ2v) is 9.10. The molecule has 0 amide bonds. The number of hydrogen-bond donors (Lipinski definition) is 3. The highest BCUT2D eigenvalue weighted by molar-refractivity contribution is 5.84. The molecule has 2 aliphatic rings. The molecule has 1 heterocycles. The number of nitrogens with two attached hydrogens (primary N) is 1. The fourth-order valence-electron chi connectivity index (χ4n) is 4.53. The number of anilines is 2. The zero-order valence-electron chi connectivity index (χ0n) is 21.1. The second kappa shape index (κ2) is 12.3. The van der Waals surface area contributed by atoms with E-state index in [1.54, 1.807) is 0 Å². The van der Waals surface area contributed by atoms with Gasteiger partial charge in [0.15, 0.2) is 0 Å². The molecule has 0 radical (unpaired) electrons. The normalized spacial score (nSPS) is 11.9. The number of rotatable bonds is 11. The highest BCUT2D eigenvalue weighted by Gasteiger charge is 2.16. The Hall–Kier alpha value is -4.00. The lowest BCUT2D eigenvalue weighted by Gasteiger charge is -2.20. The third kappa shape index (κ3) is 6.05. The van der Waals surface area contributed by atoms with Gasteiger partial charge in [0.2, 0.25) is 0 Å². The molecule has 188 valence electrons. The predicted octanol–water partition coefficient (Wildman–Crippen LogP) is 5.49. The standard InChI is InChI=1S/C31H34N6/c32-18-9-10-19-33-20-11-21-34-27-23-31-29(22-28(27)35-24-12-3-1-4-13-24)36-26-16-7-8-17-30(26)37(31)25-14-5-2-6-15-25/h1-8,12-17,22-23,33,35H,9-11,18-21,32H2. The van der Waals surface area contributed by atoms with Crippen LogP contribution in [0.15, 0.2) is 102 Å². The third-order valence-electron chi connectivity index (χ3n) is 6.37. The summed E-state index contributed by atoms with van der Waals surface area (Å²) in [6.45, 7) is 3.44. The molecule has 0 fully saturated rings. The summed E-state index contributed by atoms with van der Waals surface area (Å²) in [6.07, 6.45) is 3.15. The largest absolute Gasteiger partial charge is 0.354 e. The molecule has 0 atom stereocenters. The topological polar surface area (TPSA) is 80.3 Å². The maximum absolute atomic E-state index is 5.59. The second-order valence-electron chi connectivity index (χ2n) is 9.10. The molecule has 4 N–H and O–H groups in total. The highest BCUT2D eigenvalue weighted by Crippen LogP contribution is 2.30. The fraction of sp³-hybridized carbons (Fsp3) is 0.226. The molecule has 37 heavy (non-hydrogen) atoms. The minimum Gasteiger partial charge on any atom is -0.354 e. The molecule has 1 aliphatic carbocycles. The zero-order valence-corrected chi connectivity index (χ0v) is 21.1. The lowest BCUT2D eigenvalue weighted by molar-refractivity contribution is 0.609. The van der Waals surface area contributed by atoms with Gasteiger partial charge in [-0.2, -0.15) is 0 Å². The van der Waals surface area contributed by atoms with E-state index < -0.39 is 0 Å². The van der Waals surface area contributed by atoms with E-state index in [1.807, 2.05) is 30.3 Å². The van der Waals surface area contributed by atoms with E-state index in [4.69, 9.17) is 15.7 Å². The van der Waals surface area contributed by atoms with Crippen LogP contribution in [0, 0.1) is 0 Å². The molecule has 3 aromatic rings. The monoisotopic (exact) mass is 490 g/mol. The van der Waals surface area contributed by atoms with Gasteiger partial charge in [-0.05, 0) is 87.4 Å². The molecule has 0 saturated heterocycles. The minimum atomic E-state index is 0.741. The smallest absolute Gasteiger partial charge is 0.0900 e. The molecular formula is C31H34N6. The van der Waals surface area contributed by atoms with Gasteiger partial charge in [0.1, 0.15) is 0 Å². The fourth-order valence-corrected chi connectivity index (χ4v) is 4.53. The Kier molecular flexibility index (Phi) is 8.21. The van der Waals surface area contributed by atoms with Crippen molar-refractivity contribution in [2.24, 2.45) is 10.7 Å². The first-order valence-corrected chi connectivity index (χ1v) is 13.1. The van der Waals surface area contributed by atoms with Gasteiger partial charge in [-0.1, -0.05) is 48.5 Å². The van der Waals surface area contributed by atoms with Crippen molar-refractivity contribution in [2.75, 3.05) is 31.5 Å². The Balaban J connectivity index is 1.57. The van der Waals surface area contributed by atoms with Crippen LogP contribution >= 0.6 is 0 Å². The summed E-state index contributed by atoms with van der Waals surface area (Å²) in [7, 11) is 0. The Bertz CT molecular complexity index is 1460. The first-order chi connectivity index (χ1) is 18.3.